The summed E-state index contributed by atoms with van der Waals surface area (Å²) in [6, 6.07) is 6.22. The van der Waals surface area contributed by atoms with Crippen molar-refractivity contribution < 1.29 is 0 Å². The number of nitrogens with zero attached hydrogens (tertiary/aromatic N) is 2. The third-order valence-corrected chi connectivity index (χ3v) is 1.84. The van der Waals surface area contributed by atoms with Crippen molar-refractivity contribution in [3.05, 3.63) is 36.4 Å². The Labute approximate surface area is 85.6 Å². The van der Waals surface area contributed by atoms with Crippen LogP contribution in [0.1, 0.15) is 32.9 Å². The normalized spacial score (nSPS) is 9.64. The fourth-order valence-electron chi connectivity index (χ4n) is 1.17. The van der Waals surface area contributed by atoms with Crippen LogP contribution in [0, 0.1) is 0 Å². The van der Waals surface area contributed by atoms with E-state index in [4.69, 9.17) is 0 Å². The smallest absolute Gasteiger partial charge is 0.0993 e. The van der Waals surface area contributed by atoms with E-state index in [1.807, 2.05) is 23.0 Å². The standard InChI is InChI=1S/C9H10N2.C3H8/c1-2-8-6-9-4-3-5-11(9)7-10-8;1-3-2/h3-7H,2H2,1H3;3H2,1-2H3. The lowest BCUT2D eigenvalue weighted by atomic mass is 10.3. The molecule has 0 N–H and O–H groups in total. The summed E-state index contributed by atoms with van der Waals surface area (Å²) in [5, 5.41) is 0. The van der Waals surface area contributed by atoms with Crippen LogP contribution in [0.15, 0.2) is 30.7 Å². The first-order valence-electron chi connectivity index (χ1n) is 5.23. The van der Waals surface area contributed by atoms with Crippen molar-refractivity contribution in [3.8, 4) is 0 Å². The van der Waals surface area contributed by atoms with Gasteiger partial charge in [-0.25, -0.2) is 4.98 Å². The van der Waals surface area contributed by atoms with Crippen molar-refractivity contribution in [1.29, 1.82) is 0 Å². The molecule has 2 nitrogen and oxygen atoms in total. The minimum atomic E-state index is 1.00. The Morgan fingerprint density at radius 1 is 1.29 bits per heavy atom. The first-order valence-corrected chi connectivity index (χ1v) is 5.23. The monoisotopic (exact) mass is 190 g/mol. The molecule has 0 aliphatic heterocycles. The fraction of sp³-hybridized carbons (Fsp3) is 0.417. The molecular formula is C12H18N2. The van der Waals surface area contributed by atoms with Crippen LogP contribution < -0.4 is 0 Å². The van der Waals surface area contributed by atoms with E-state index in [-0.39, 0.29) is 0 Å². The van der Waals surface area contributed by atoms with E-state index >= 15 is 0 Å². The number of rotatable bonds is 1. The molecule has 76 valence electrons. The molecule has 0 aliphatic rings. The minimum absolute atomic E-state index is 1.00. The SMILES string of the molecule is CCC.CCc1cc2cccn2cn1. The number of hydrogen-bond donors (Lipinski definition) is 0. The van der Waals surface area contributed by atoms with E-state index in [0.29, 0.717) is 0 Å². The molecule has 0 spiro atoms. The van der Waals surface area contributed by atoms with Crippen LogP contribution in [0.2, 0.25) is 0 Å². The first kappa shape index (κ1) is 10.8. The van der Waals surface area contributed by atoms with Crippen molar-refractivity contribution in [3.63, 3.8) is 0 Å². The van der Waals surface area contributed by atoms with Crippen molar-refractivity contribution >= 4 is 5.52 Å². The van der Waals surface area contributed by atoms with Gasteiger partial charge in [-0.15, -0.1) is 0 Å². The highest BCUT2D eigenvalue weighted by atomic mass is 14.9. The van der Waals surface area contributed by atoms with Gasteiger partial charge in [0.1, 0.15) is 0 Å². The largest absolute Gasteiger partial charge is 0.308 e. The molecule has 0 fully saturated rings. The molecule has 0 aromatic carbocycles. The fourth-order valence-corrected chi connectivity index (χ4v) is 1.17. The van der Waals surface area contributed by atoms with E-state index in [0.717, 1.165) is 12.1 Å². The summed E-state index contributed by atoms with van der Waals surface area (Å²) in [5.74, 6) is 0. The number of aromatic nitrogens is 2. The molecule has 2 aromatic heterocycles. The lowest BCUT2D eigenvalue weighted by Crippen LogP contribution is -1.90. The van der Waals surface area contributed by atoms with Crippen molar-refractivity contribution in [1.82, 2.24) is 9.38 Å². The summed E-state index contributed by atoms with van der Waals surface area (Å²) in [6.45, 7) is 6.36. The van der Waals surface area contributed by atoms with Gasteiger partial charge in [-0.05, 0) is 24.6 Å². The second kappa shape index (κ2) is 5.43. The van der Waals surface area contributed by atoms with Gasteiger partial charge in [0.2, 0.25) is 0 Å². The van der Waals surface area contributed by atoms with Gasteiger partial charge in [0.25, 0.3) is 0 Å². The molecule has 0 unspecified atom stereocenters. The van der Waals surface area contributed by atoms with Gasteiger partial charge in [-0.2, -0.15) is 0 Å². The van der Waals surface area contributed by atoms with Gasteiger partial charge in [0.05, 0.1) is 6.33 Å². The first-order chi connectivity index (χ1) is 6.81. The van der Waals surface area contributed by atoms with Gasteiger partial charge in [-0.1, -0.05) is 27.2 Å². The topological polar surface area (TPSA) is 17.3 Å². The molecular weight excluding hydrogens is 172 g/mol. The van der Waals surface area contributed by atoms with Gasteiger partial charge >= 0.3 is 0 Å². The van der Waals surface area contributed by atoms with Crippen molar-refractivity contribution in [2.45, 2.75) is 33.6 Å². The van der Waals surface area contributed by atoms with Crippen LogP contribution in [-0.4, -0.2) is 9.38 Å². The molecule has 0 amide bonds. The summed E-state index contributed by atoms with van der Waals surface area (Å²) in [6.07, 6.45) is 6.11. The molecule has 2 aromatic rings. The number of fused-ring (bicyclic) bond motifs is 1. The van der Waals surface area contributed by atoms with Crippen LogP contribution in [0.25, 0.3) is 5.52 Å². The lowest BCUT2D eigenvalue weighted by molar-refractivity contribution is 0.982. The van der Waals surface area contributed by atoms with E-state index in [1.165, 1.54) is 11.9 Å². The number of hydrogen-bond acceptors (Lipinski definition) is 1. The zero-order valence-corrected chi connectivity index (χ0v) is 9.20. The Bertz CT molecular complexity index is 376. The van der Waals surface area contributed by atoms with Gasteiger partial charge < -0.3 is 4.40 Å². The molecule has 2 heterocycles. The molecule has 0 bridgehead atoms. The van der Waals surface area contributed by atoms with Crippen molar-refractivity contribution in [2.24, 2.45) is 0 Å². The summed E-state index contributed by atoms with van der Waals surface area (Å²) < 4.78 is 2.01. The van der Waals surface area contributed by atoms with Crippen LogP contribution in [0.3, 0.4) is 0 Å². The van der Waals surface area contributed by atoms with Crippen LogP contribution in [0.5, 0.6) is 0 Å². The summed E-state index contributed by atoms with van der Waals surface area (Å²) in [5.41, 5.74) is 2.37. The van der Waals surface area contributed by atoms with Gasteiger partial charge in [0.15, 0.2) is 0 Å². The Morgan fingerprint density at radius 3 is 2.64 bits per heavy atom. The molecule has 2 rings (SSSR count). The van der Waals surface area contributed by atoms with Gasteiger partial charge in [0, 0.05) is 17.4 Å². The zero-order chi connectivity index (χ0) is 10.4. The molecule has 14 heavy (non-hydrogen) atoms. The highest BCUT2D eigenvalue weighted by Gasteiger charge is 1.93. The zero-order valence-electron chi connectivity index (χ0n) is 9.20. The van der Waals surface area contributed by atoms with Crippen molar-refractivity contribution in [2.75, 3.05) is 0 Å². The van der Waals surface area contributed by atoms with E-state index in [2.05, 4.69) is 37.9 Å². The Morgan fingerprint density at radius 2 is 2.00 bits per heavy atom. The molecule has 0 atom stereocenters. The van der Waals surface area contributed by atoms with E-state index < -0.39 is 0 Å². The Hall–Kier alpha value is -1.31. The summed E-state index contributed by atoms with van der Waals surface area (Å²) in [7, 11) is 0. The van der Waals surface area contributed by atoms with Crippen LogP contribution in [0.4, 0.5) is 0 Å². The summed E-state index contributed by atoms with van der Waals surface area (Å²) in [4.78, 5) is 4.26. The van der Waals surface area contributed by atoms with Crippen LogP contribution in [-0.2, 0) is 6.42 Å². The third-order valence-electron chi connectivity index (χ3n) is 1.84. The molecule has 0 aliphatic carbocycles. The molecule has 2 heteroatoms. The third kappa shape index (κ3) is 2.59. The molecule has 0 saturated heterocycles. The van der Waals surface area contributed by atoms with E-state index in [9.17, 15) is 0 Å². The maximum Gasteiger partial charge on any atom is 0.0993 e. The highest BCUT2D eigenvalue weighted by Crippen LogP contribution is 2.05. The average molecular weight is 190 g/mol. The Balaban J connectivity index is 0.000000293. The second-order valence-corrected chi connectivity index (χ2v) is 3.28. The Kier molecular flexibility index (Phi) is 4.17. The predicted octanol–water partition coefficient (Wildman–Crippen LogP) is 3.31. The minimum Gasteiger partial charge on any atom is -0.308 e. The number of aryl methyl sites for hydroxylation is 1. The van der Waals surface area contributed by atoms with Gasteiger partial charge in [-0.3, -0.25) is 0 Å². The van der Waals surface area contributed by atoms with E-state index in [1.54, 1.807) is 0 Å². The van der Waals surface area contributed by atoms with Crippen LogP contribution >= 0.6 is 0 Å². The average Bonchev–Trinajstić information content (AvgIpc) is 2.65. The quantitative estimate of drug-likeness (QED) is 0.674. The second-order valence-electron chi connectivity index (χ2n) is 3.28. The lowest BCUT2D eigenvalue weighted by Gasteiger charge is -1.96. The highest BCUT2D eigenvalue weighted by molar-refractivity contribution is 5.47. The maximum absolute atomic E-state index is 4.26. The predicted molar refractivity (Wildman–Crippen MR) is 60.5 cm³/mol. The molecule has 0 saturated carbocycles. The molecule has 0 radical (unpaired) electrons. The maximum atomic E-state index is 4.26. The summed E-state index contributed by atoms with van der Waals surface area (Å²) >= 11 is 0.